The summed E-state index contributed by atoms with van der Waals surface area (Å²) in [6.45, 7) is 5.65. The van der Waals surface area contributed by atoms with Gasteiger partial charge < -0.3 is 10.1 Å². The Balaban J connectivity index is 2.09. The first kappa shape index (κ1) is 16.7. The molecule has 2 rings (SSSR count). The number of halogens is 2. The maximum absolute atomic E-state index is 12.2. The molecule has 1 amide bonds. The molecule has 0 saturated carbocycles. The fraction of sp³-hybridized carbons (Fsp3) is 0.235. The summed E-state index contributed by atoms with van der Waals surface area (Å²) in [5.41, 5.74) is 2.60. The molecule has 5 heteroatoms. The molecule has 1 N–H and O–H groups in total. The van der Waals surface area contributed by atoms with Crippen LogP contribution in [0.2, 0.25) is 10.0 Å². The Bertz CT molecular complexity index is 701. The van der Waals surface area contributed by atoms with Crippen LogP contribution in [0.1, 0.15) is 18.1 Å². The first-order valence-electron chi connectivity index (χ1n) is 6.87. The van der Waals surface area contributed by atoms with Crippen molar-refractivity contribution in [3.8, 4) is 5.75 Å². The van der Waals surface area contributed by atoms with Crippen molar-refractivity contribution in [2.75, 3.05) is 5.32 Å². The van der Waals surface area contributed by atoms with Gasteiger partial charge in [-0.2, -0.15) is 0 Å². The van der Waals surface area contributed by atoms with Crippen LogP contribution < -0.4 is 10.1 Å². The Labute approximate surface area is 140 Å². The minimum atomic E-state index is -0.657. The highest BCUT2D eigenvalue weighted by Gasteiger charge is 2.17. The quantitative estimate of drug-likeness (QED) is 0.850. The highest BCUT2D eigenvalue weighted by molar-refractivity contribution is 6.35. The number of benzene rings is 2. The lowest BCUT2D eigenvalue weighted by atomic mass is 10.1. The number of carbonyl (C=O) groups is 1. The summed E-state index contributed by atoms with van der Waals surface area (Å²) in [6.07, 6.45) is -0.657. The molecule has 0 saturated heterocycles. The average molecular weight is 338 g/mol. The molecule has 3 nitrogen and oxygen atoms in total. The van der Waals surface area contributed by atoms with Gasteiger partial charge in [0.15, 0.2) is 6.10 Å². The van der Waals surface area contributed by atoms with Crippen molar-refractivity contribution in [2.45, 2.75) is 26.9 Å². The smallest absolute Gasteiger partial charge is 0.265 e. The van der Waals surface area contributed by atoms with E-state index in [2.05, 4.69) is 5.32 Å². The molecule has 0 bridgehead atoms. The van der Waals surface area contributed by atoms with E-state index in [1.807, 2.05) is 32.0 Å². The van der Waals surface area contributed by atoms with Crippen molar-refractivity contribution in [3.05, 3.63) is 57.6 Å². The highest BCUT2D eigenvalue weighted by Crippen LogP contribution is 2.26. The molecular formula is C17H17Cl2NO2. The van der Waals surface area contributed by atoms with Crippen molar-refractivity contribution >= 4 is 34.8 Å². The SMILES string of the molecule is Cc1cccc(O[C@H](C)C(=O)Nc2cc(Cl)ccc2Cl)c1C. The number of ether oxygens (including phenoxy) is 1. The molecule has 0 aliphatic heterocycles. The van der Waals surface area contributed by atoms with Crippen LogP contribution in [0.3, 0.4) is 0 Å². The zero-order chi connectivity index (χ0) is 16.3. The molecule has 0 unspecified atom stereocenters. The van der Waals surface area contributed by atoms with E-state index >= 15 is 0 Å². The lowest BCUT2D eigenvalue weighted by Gasteiger charge is -2.17. The van der Waals surface area contributed by atoms with E-state index in [0.717, 1.165) is 11.1 Å². The van der Waals surface area contributed by atoms with Gasteiger partial charge in [-0.3, -0.25) is 4.79 Å². The van der Waals surface area contributed by atoms with Crippen LogP contribution in [0.25, 0.3) is 0 Å². The molecule has 2 aromatic carbocycles. The van der Waals surface area contributed by atoms with Gasteiger partial charge in [0, 0.05) is 5.02 Å². The van der Waals surface area contributed by atoms with Gasteiger partial charge in [0.1, 0.15) is 5.75 Å². The predicted molar refractivity (Wildman–Crippen MR) is 91.1 cm³/mol. The molecule has 0 aliphatic carbocycles. The number of rotatable bonds is 4. The number of hydrogen-bond acceptors (Lipinski definition) is 2. The van der Waals surface area contributed by atoms with Crippen LogP contribution in [0, 0.1) is 13.8 Å². The zero-order valence-corrected chi connectivity index (χ0v) is 14.1. The fourth-order valence-corrected chi connectivity index (χ4v) is 2.26. The van der Waals surface area contributed by atoms with Crippen molar-refractivity contribution in [1.29, 1.82) is 0 Å². The minimum Gasteiger partial charge on any atom is -0.481 e. The topological polar surface area (TPSA) is 38.3 Å². The van der Waals surface area contributed by atoms with Gasteiger partial charge in [0.25, 0.3) is 5.91 Å². The second kappa shape index (κ2) is 7.03. The number of amides is 1. The normalized spacial score (nSPS) is 11.9. The summed E-state index contributed by atoms with van der Waals surface area (Å²) in [4.78, 5) is 12.2. The van der Waals surface area contributed by atoms with E-state index in [4.69, 9.17) is 27.9 Å². The van der Waals surface area contributed by atoms with E-state index in [9.17, 15) is 4.79 Å². The van der Waals surface area contributed by atoms with Gasteiger partial charge >= 0.3 is 0 Å². The highest BCUT2D eigenvalue weighted by atomic mass is 35.5. The van der Waals surface area contributed by atoms with Crippen molar-refractivity contribution in [1.82, 2.24) is 0 Å². The maximum atomic E-state index is 12.2. The lowest BCUT2D eigenvalue weighted by molar-refractivity contribution is -0.122. The molecule has 0 spiro atoms. The van der Waals surface area contributed by atoms with Crippen LogP contribution in [-0.4, -0.2) is 12.0 Å². The summed E-state index contributed by atoms with van der Waals surface area (Å²) in [6, 6.07) is 10.6. The minimum absolute atomic E-state index is 0.287. The van der Waals surface area contributed by atoms with Gasteiger partial charge in [-0.1, -0.05) is 35.3 Å². The Morgan fingerprint density at radius 1 is 1.18 bits per heavy atom. The Hall–Kier alpha value is -1.71. The van der Waals surface area contributed by atoms with Crippen LogP contribution >= 0.6 is 23.2 Å². The summed E-state index contributed by atoms with van der Waals surface area (Å²) in [7, 11) is 0. The molecule has 0 radical (unpaired) electrons. The van der Waals surface area contributed by atoms with Crippen molar-refractivity contribution < 1.29 is 9.53 Å². The van der Waals surface area contributed by atoms with Gasteiger partial charge in [0.05, 0.1) is 10.7 Å². The third-order valence-electron chi connectivity index (χ3n) is 3.41. The molecule has 116 valence electrons. The lowest BCUT2D eigenvalue weighted by Crippen LogP contribution is -2.30. The number of nitrogens with one attached hydrogen (secondary N) is 1. The van der Waals surface area contributed by atoms with E-state index in [0.29, 0.717) is 21.5 Å². The first-order valence-corrected chi connectivity index (χ1v) is 7.63. The van der Waals surface area contributed by atoms with Crippen LogP contribution in [0.4, 0.5) is 5.69 Å². The van der Waals surface area contributed by atoms with Gasteiger partial charge in [-0.25, -0.2) is 0 Å². The second-order valence-corrected chi connectivity index (χ2v) is 5.92. The van der Waals surface area contributed by atoms with Crippen molar-refractivity contribution in [3.63, 3.8) is 0 Å². The Morgan fingerprint density at radius 2 is 1.91 bits per heavy atom. The van der Waals surface area contributed by atoms with Crippen LogP contribution in [-0.2, 0) is 4.79 Å². The number of aryl methyl sites for hydroxylation is 1. The standard InChI is InChI=1S/C17H17Cl2NO2/c1-10-5-4-6-16(11(10)2)22-12(3)17(21)20-15-9-13(18)7-8-14(15)19/h4-9,12H,1-3H3,(H,20,21)/t12-/m1/s1. The maximum Gasteiger partial charge on any atom is 0.265 e. The monoisotopic (exact) mass is 337 g/mol. The summed E-state index contributed by atoms with van der Waals surface area (Å²) in [5, 5.41) is 3.65. The Morgan fingerprint density at radius 3 is 2.64 bits per heavy atom. The largest absolute Gasteiger partial charge is 0.481 e. The summed E-state index contributed by atoms with van der Waals surface area (Å²) < 4.78 is 5.74. The van der Waals surface area contributed by atoms with E-state index < -0.39 is 6.10 Å². The van der Waals surface area contributed by atoms with E-state index in [1.54, 1.807) is 25.1 Å². The van der Waals surface area contributed by atoms with Crippen LogP contribution in [0.5, 0.6) is 5.75 Å². The Kier molecular flexibility index (Phi) is 5.33. The zero-order valence-electron chi connectivity index (χ0n) is 12.6. The number of carbonyl (C=O) groups excluding carboxylic acids is 1. The molecule has 22 heavy (non-hydrogen) atoms. The van der Waals surface area contributed by atoms with E-state index in [1.165, 1.54) is 0 Å². The average Bonchev–Trinajstić information content (AvgIpc) is 2.47. The van der Waals surface area contributed by atoms with Gasteiger partial charge in [0.2, 0.25) is 0 Å². The molecule has 0 heterocycles. The van der Waals surface area contributed by atoms with Gasteiger partial charge in [-0.05, 0) is 56.2 Å². The predicted octanol–water partition coefficient (Wildman–Crippen LogP) is 5.02. The third kappa shape index (κ3) is 3.93. The second-order valence-electron chi connectivity index (χ2n) is 5.07. The van der Waals surface area contributed by atoms with Crippen molar-refractivity contribution in [2.24, 2.45) is 0 Å². The summed E-state index contributed by atoms with van der Waals surface area (Å²) in [5.74, 6) is 0.407. The van der Waals surface area contributed by atoms with Gasteiger partial charge in [-0.15, -0.1) is 0 Å². The molecule has 1 atom stereocenters. The molecule has 0 aliphatic rings. The molecular weight excluding hydrogens is 321 g/mol. The molecule has 0 aromatic heterocycles. The van der Waals surface area contributed by atoms with Crippen LogP contribution in [0.15, 0.2) is 36.4 Å². The summed E-state index contributed by atoms with van der Waals surface area (Å²) >= 11 is 11.9. The number of hydrogen-bond donors (Lipinski definition) is 1. The fourth-order valence-electron chi connectivity index (χ4n) is 1.92. The van der Waals surface area contributed by atoms with E-state index in [-0.39, 0.29) is 5.91 Å². The third-order valence-corrected chi connectivity index (χ3v) is 3.98. The first-order chi connectivity index (χ1) is 10.4. The molecule has 2 aromatic rings. The number of anilines is 1. The molecule has 0 fully saturated rings.